The molecule has 0 aliphatic rings. The summed E-state index contributed by atoms with van der Waals surface area (Å²) in [7, 11) is 3.35. The van der Waals surface area contributed by atoms with Gasteiger partial charge in [-0.15, -0.1) is 0 Å². The Balaban J connectivity index is 0. The molecule has 10 heavy (non-hydrogen) atoms. The average Bonchev–Trinajstić information content (AvgIpc) is 1.87. The van der Waals surface area contributed by atoms with Crippen molar-refractivity contribution in [2.45, 2.75) is 6.92 Å². The Bertz CT molecular complexity index is 166. The predicted octanol–water partition coefficient (Wildman–Crippen LogP) is -2.67. The van der Waals surface area contributed by atoms with Crippen LogP contribution < -0.4 is 24.0 Å². The van der Waals surface area contributed by atoms with Crippen molar-refractivity contribution in [1.29, 1.82) is 0 Å². The van der Waals surface area contributed by atoms with Gasteiger partial charge in [-0.2, -0.15) is 0 Å². The smallest absolute Gasteiger partial charge is 0.860 e. The van der Waals surface area contributed by atoms with Crippen molar-refractivity contribution >= 4 is 0 Å². The van der Waals surface area contributed by atoms with Gasteiger partial charge in [0.15, 0.2) is 0 Å². The second kappa shape index (κ2) is 5.46. The molecule has 0 aliphatic heterocycles. The van der Waals surface area contributed by atoms with Crippen molar-refractivity contribution in [3.63, 3.8) is 0 Å². The van der Waals surface area contributed by atoms with Crippen molar-refractivity contribution in [3.8, 4) is 0 Å². The molecule has 0 atom stereocenters. The van der Waals surface area contributed by atoms with Crippen LogP contribution in [0.15, 0.2) is 24.1 Å². The Kier molecular flexibility index (Phi) is 5.29. The molecular formula is C7H12LiNO. The Morgan fingerprint density at radius 1 is 1.70 bits per heavy atom. The van der Waals surface area contributed by atoms with Gasteiger partial charge in [-0.1, -0.05) is 18.2 Å². The van der Waals surface area contributed by atoms with Gasteiger partial charge in [0.2, 0.25) is 0 Å². The third kappa shape index (κ3) is 5.81. The standard InChI is InChI=1S/C7H13NO.Li/c1-6(2)5-7(9)8(3)4;/h5,9H,1H2,2-4H3;/q;+1/p-1/b7-5-;/i1D;/b6-1?,7-5-;. The Labute approximate surface area is 75.8 Å². The Hall–Kier alpha value is -0.323. The molecule has 0 radical (unpaired) electrons. The summed E-state index contributed by atoms with van der Waals surface area (Å²) in [6.07, 6.45) is 1.42. The van der Waals surface area contributed by atoms with E-state index >= 15 is 0 Å². The zero-order valence-electron chi connectivity index (χ0n) is 8.01. The summed E-state index contributed by atoms with van der Waals surface area (Å²) in [5.74, 6) is -0.0824. The number of hydrogen-bond donors (Lipinski definition) is 0. The van der Waals surface area contributed by atoms with Crippen molar-refractivity contribution in [2.75, 3.05) is 14.1 Å². The molecule has 0 unspecified atom stereocenters. The summed E-state index contributed by atoms with van der Waals surface area (Å²) < 4.78 is 6.78. The number of nitrogens with zero attached hydrogens (tertiary/aromatic N) is 1. The molecule has 0 saturated carbocycles. The molecule has 0 aromatic heterocycles. The van der Waals surface area contributed by atoms with Gasteiger partial charge >= 0.3 is 18.9 Å². The quantitative estimate of drug-likeness (QED) is 0.234. The van der Waals surface area contributed by atoms with E-state index in [1.54, 1.807) is 21.0 Å². The first-order chi connectivity index (χ1) is 4.57. The fraction of sp³-hybridized carbons (Fsp3) is 0.429. The van der Waals surface area contributed by atoms with E-state index < -0.39 is 0 Å². The van der Waals surface area contributed by atoms with E-state index in [2.05, 4.69) is 0 Å². The monoisotopic (exact) mass is 134 g/mol. The minimum Gasteiger partial charge on any atom is -0.860 e. The fourth-order valence-electron chi connectivity index (χ4n) is 0.324. The van der Waals surface area contributed by atoms with Crippen LogP contribution in [-0.2, 0) is 0 Å². The third-order valence-electron chi connectivity index (χ3n) is 0.792. The molecule has 0 aromatic rings. The molecule has 0 bridgehead atoms. The first-order valence-electron chi connectivity index (χ1n) is 3.27. The van der Waals surface area contributed by atoms with Crippen molar-refractivity contribution in [2.24, 2.45) is 0 Å². The van der Waals surface area contributed by atoms with Gasteiger partial charge in [0, 0.05) is 14.1 Å². The predicted molar refractivity (Wildman–Crippen MR) is 36.6 cm³/mol. The van der Waals surface area contributed by atoms with Gasteiger partial charge in [-0.3, -0.25) is 0 Å². The van der Waals surface area contributed by atoms with E-state index in [-0.39, 0.29) is 24.7 Å². The van der Waals surface area contributed by atoms with Crippen molar-refractivity contribution < 1.29 is 25.3 Å². The van der Waals surface area contributed by atoms with Crippen molar-refractivity contribution in [1.82, 2.24) is 4.90 Å². The summed E-state index contributed by atoms with van der Waals surface area (Å²) in [5, 5.41) is 10.9. The average molecular weight is 134 g/mol. The van der Waals surface area contributed by atoms with Gasteiger partial charge in [0.05, 0.1) is 1.37 Å². The molecule has 0 N–H and O–H groups in total. The van der Waals surface area contributed by atoms with E-state index in [9.17, 15) is 5.11 Å². The molecule has 0 rings (SSSR count). The zero-order valence-corrected chi connectivity index (χ0v) is 7.01. The molecule has 0 saturated heterocycles. The van der Waals surface area contributed by atoms with Gasteiger partial charge in [0.25, 0.3) is 0 Å². The normalized spacial score (nSPS) is 13.7. The summed E-state index contributed by atoms with van der Waals surface area (Å²) in [4.78, 5) is 1.47. The fourth-order valence-corrected chi connectivity index (χ4v) is 0.324. The van der Waals surface area contributed by atoms with E-state index in [4.69, 9.17) is 1.37 Å². The first kappa shape index (κ1) is 9.68. The Morgan fingerprint density at radius 3 is 2.50 bits per heavy atom. The van der Waals surface area contributed by atoms with E-state index in [1.807, 2.05) is 0 Å². The van der Waals surface area contributed by atoms with Gasteiger partial charge in [0.1, 0.15) is 0 Å². The molecule has 0 fully saturated rings. The maximum Gasteiger partial charge on any atom is 1.00 e. The molecule has 0 heterocycles. The SMILES string of the molecule is [2H]C=C(C)/C=C(\[O-])N(C)C.[Li+]. The zero-order chi connectivity index (χ0) is 8.15. The largest absolute Gasteiger partial charge is 1.00 e. The summed E-state index contributed by atoms with van der Waals surface area (Å²) in [6.45, 7) is 2.87. The first-order valence-corrected chi connectivity index (χ1v) is 2.69. The van der Waals surface area contributed by atoms with Crippen LogP contribution in [0.2, 0.25) is 0 Å². The summed E-state index contributed by atoms with van der Waals surface area (Å²) in [5.41, 5.74) is 0.665. The van der Waals surface area contributed by atoms with Gasteiger partial charge in [-0.25, -0.2) is 0 Å². The van der Waals surface area contributed by atoms with Crippen LogP contribution >= 0.6 is 0 Å². The number of rotatable bonds is 2. The molecule has 2 nitrogen and oxygen atoms in total. The maximum absolute atomic E-state index is 10.9. The maximum atomic E-state index is 10.9. The third-order valence-corrected chi connectivity index (χ3v) is 0.792. The van der Waals surface area contributed by atoms with Crippen LogP contribution in [0.25, 0.3) is 0 Å². The van der Waals surface area contributed by atoms with Gasteiger partial charge < -0.3 is 10.0 Å². The molecule has 0 amide bonds. The van der Waals surface area contributed by atoms with E-state index in [1.165, 1.54) is 11.0 Å². The second-order valence-corrected chi connectivity index (χ2v) is 2.12. The Morgan fingerprint density at radius 2 is 2.20 bits per heavy atom. The van der Waals surface area contributed by atoms with Crippen LogP contribution in [0.4, 0.5) is 0 Å². The molecule has 52 valence electrons. The second-order valence-electron chi connectivity index (χ2n) is 2.12. The summed E-state index contributed by atoms with van der Waals surface area (Å²) >= 11 is 0. The number of allylic oxidation sites excluding steroid dienone is 2. The minimum atomic E-state index is -0.0824. The summed E-state index contributed by atoms with van der Waals surface area (Å²) in [6, 6.07) is 0. The number of hydrogen-bond acceptors (Lipinski definition) is 2. The van der Waals surface area contributed by atoms with Crippen molar-refractivity contribution in [3.05, 3.63) is 24.1 Å². The molecular weight excluding hydrogens is 121 g/mol. The molecule has 0 spiro atoms. The molecule has 0 aliphatic carbocycles. The minimum absolute atomic E-state index is 0. The van der Waals surface area contributed by atoms with Crippen LogP contribution in [0, 0.1) is 0 Å². The van der Waals surface area contributed by atoms with E-state index in [0.29, 0.717) is 5.57 Å². The van der Waals surface area contributed by atoms with Crippen LogP contribution in [0.5, 0.6) is 0 Å². The molecule has 3 heteroatoms. The van der Waals surface area contributed by atoms with Crippen LogP contribution in [-0.4, -0.2) is 19.0 Å². The van der Waals surface area contributed by atoms with Crippen LogP contribution in [0.1, 0.15) is 8.29 Å². The van der Waals surface area contributed by atoms with E-state index in [0.717, 1.165) is 6.55 Å². The topological polar surface area (TPSA) is 26.3 Å². The van der Waals surface area contributed by atoms with Gasteiger partial charge in [-0.05, 0) is 12.8 Å². The van der Waals surface area contributed by atoms with Crippen LogP contribution in [0.3, 0.4) is 0 Å². The molecule has 0 aromatic carbocycles.